The molecule has 1 aromatic heterocycles. The van der Waals surface area contributed by atoms with Crippen LogP contribution in [0.25, 0.3) is 0 Å². The normalized spacial score (nSPS) is 22.9. The van der Waals surface area contributed by atoms with Crippen molar-refractivity contribution >= 4 is 17.2 Å². The maximum absolute atomic E-state index is 12.7. The summed E-state index contributed by atoms with van der Waals surface area (Å²) in [5, 5.41) is 6.27. The van der Waals surface area contributed by atoms with Gasteiger partial charge >= 0.3 is 0 Å². The average Bonchev–Trinajstić information content (AvgIpc) is 3.36. The molecular weight excluding hydrogens is 370 g/mol. The number of carbonyl (C=O) groups is 1. The fourth-order valence-corrected chi connectivity index (χ4v) is 4.93. The Labute approximate surface area is 171 Å². The van der Waals surface area contributed by atoms with Crippen molar-refractivity contribution in [1.82, 2.24) is 15.2 Å². The first kappa shape index (κ1) is 19.4. The number of amides is 1. The predicted molar refractivity (Wildman–Crippen MR) is 112 cm³/mol. The third-order valence-corrected chi connectivity index (χ3v) is 6.62. The van der Waals surface area contributed by atoms with Crippen molar-refractivity contribution in [3.63, 3.8) is 0 Å². The van der Waals surface area contributed by atoms with Crippen LogP contribution in [0, 0.1) is 6.92 Å². The van der Waals surface area contributed by atoms with Crippen LogP contribution in [-0.2, 0) is 6.61 Å². The van der Waals surface area contributed by atoms with E-state index in [1.165, 1.54) is 38.8 Å². The van der Waals surface area contributed by atoms with Crippen molar-refractivity contribution in [2.24, 2.45) is 0 Å². The number of hydrogen-bond donors (Lipinski definition) is 1. The molecule has 4 rings (SSSR count). The molecule has 0 unspecified atom stereocenters. The summed E-state index contributed by atoms with van der Waals surface area (Å²) in [7, 11) is 0. The van der Waals surface area contributed by atoms with Crippen molar-refractivity contribution < 1.29 is 9.53 Å². The Hall–Kier alpha value is -1.92. The monoisotopic (exact) mass is 399 g/mol. The SMILES string of the molecule is Cc1nc(COc2cccc(C(=O)N[C@H]3CC[C@@H](N4CCCCC4)C3)c2)cs1. The minimum Gasteiger partial charge on any atom is -0.487 e. The molecule has 2 atom stereocenters. The number of likely N-dealkylation sites (tertiary alicyclic amines) is 1. The van der Waals surface area contributed by atoms with E-state index in [0.717, 1.165) is 23.5 Å². The number of aromatic nitrogens is 1. The number of ether oxygens (including phenoxy) is 1. The second-order valence-electron chi connectivity index (χ2n) is 7.91. The van der Waals surface area contributed by atoms with Crippen LogP contribution >= 0.6 is 11.3 Å². The Morgan fingerprint density at radius 2 is 2.14 bits per heavy atom. The van der Waals surface area contributed by atoms with Crippen molar-refractivity contribution in [3.8, 4) is 5.75 Å². The maximum atomic E-state index is 12.7. The molecule has 1 saturated carbocycles. The summed E-state index contributed by atoms with van der Waals surface area (Å²) in [4.78, 5) is 19.8. The van der Waals surface area contributed by atoms with Gasteiger partial charge in [-0.2, -0.15) is 0 Å². The van der Waals surface area contributed by atoms with Gasteiger partial charge in [0.2, 0.25) is 0 Å². The lowest BCUT2D eigenvalue weighted by molar-refractivity contribution is 0.0933. The molecule has 2 heterocycles. The molecule has 0 radical (unpaired) electrons. The molecule has 1 saturated heterocycles. The molecule has 1 N–H and O–H groups in total. The number of nitrogens with one attached hydrogen (secondary N) is 1. The molecule has 2 aliphatic rings. The fraction of sp³-hybridized carbons (Fsp3) is 0.545. The molecular formula is C22H29N3O2S. The first-order valence-corrected chi connectivity index (χ1v) is 11.2. The molecule has 1 aromatic carbocycles. The Morgan fingerprint density at radius 3 is 2.93 bits per heavy atom. The van der Waals surface area contributed by atoms with Crippen LogP contribution in [0.15, 0.2) is 29.6 Å². The molecule has 0 spiro atoms. The highest BCUT2D eigenvalue weighted by molar-refractivity contribution is 7.09. The molecule has 1 amide bonds. The zero-order chi connectivity index (χ0) is 19.3. The van der Waals surface area contributed by atoms with E-state index < -0.39 is 0 Å². The van der Waals surface area contributed by atoms with Gasteiger partial charge in [-0.15, -0.1) is 11.3 Å². The van der Waals surface area contributed by atoms with Crippen LogP contribution in [-0.4, -0.2) is 41.0 Å². The summed E-state index contributed by atoms with van der Waals surface area (Å²) in [6.45, 7) is 4.86. The molecule has 2 aromatic rings. The molecule has 0 bridgehead atoms. The van der Waals surface area contributed by atoms with Crippen molar-refractivity contribution in [2.45, 2.75) is 64.1 Å². The Balaban J connectivity index is 1.29. The number of carbonyl (C=O) groups excluding carboxylic acids is 1. The molecule has 5 nitrogen and oxygen atoms in total. The highest BCUT2D eigenvalue weighted by atomic mass is 32.1. The van der Waals surface area contributed by atoms with E-state index in [1.807, 2.05) is 36.6 Å². The minimum absolute atomic E-state index is 0.000697. The molecule has 1 aliphatic carbocycles. The molecule has 2 fully saturated rings. The summed E-state index contributed by atoms with van der Waals surface area (Å²) >= 11 is 1.62. The average molecular weight is 400 g/mol. The van der Waals surface area contributed by atoms with E-state index in [0.29, 0.717) is 24.0 Å². The highest BCUT2D eigenvalue weighted by Gasteiger charge is 2.30. The van der Waals surface area contributed by atoms with Gasteiger partial charge in [-0.05, 0) is 70.3 Å². The number of aryl methyl sites for hydroxylation is 1. The van der Waals surface area contributed by atoms with E-state index in [-0.39, 0.29) is 11.9 Å². The van der Waals surface area contributed by atoms with Gasteiger partial charge in [0.25, 0.3) is 5.91 Å². The second kappa shape index (κ2) is 9.05. The topological polar surface area (TPSA) is 54.5 Å². The van der Waals surface area contributed by atoms with E-state index in [9.17, 15) is 4.79 Å². The maximum Gasteiger partial charge on any atom is 0.251 e. The van der Waals surface area contributed by atoms with E-state index in [1.54, 1.807) is 11.3 Å². The predicted octanol–water partition coefficient (Wildman–Crippen LogP) is 4.17. The number of piperidine rings is 1. The quantitative estimate of drug-likeness (QED) is 0.792. The lowest BCUT2D eigenvalue weighted by Gasteiger charge is -2.32. The number of hydrogen-bond acceptors (Lipinski definition) is 5. The van der Waals surface area contributed by atoms with E-state index in [2.05, 4.69) is 15.2 Å². The van der Waals surface area contributed by atoms with Crippen LogP contribution in [0.2, 0.25) is 0 Å². The van der Waals surface area contributed by atoms with Crippen molar-refractivity contribution in [3.05, 3.63) is 45.9 Å². The minimum atomic E-state index is -0.000697. The Morgan fingerprint density at radius 1 is 1.29 bits per heavy atom. The number of thiazole rings is 1. The molecule has 150 valence electrons. The van der Waals surface area contributed by atoms with Crippen LogP contribution in [0.4, 0.5) is 0 Å². The molecule has 1 aliphatic heterocycles. The smallest absolute Gasteiger partial charge is 0.251 e. The van der Waals surface area contributed by atoms with Gasteiger partial charge in [0.1, 0.15) is 12.4 Å². The standard InChI is InChI=1S/C22H29N3O2S/c1-16-23-19(15-28-16)14-27-21-7-5-6-17(12-21)22(26)24-18-8-9-20(13-18)25-10-3-2-4-11-25/h5-7,12,15,18,20H,2-4,8-11,13-14H2,1H3,(H,24,26)/t18-,20+/m0/s1. The van der Waals surface area contributed by atoms with E-state index in [4.69, 9.17) is 4.74 Å². The van der Waals surface area contributed by atoms with Crippen molar-refractivity contribution in [2.75, 3.05) is 13.1 Å². The number of nitrogens with zero attached hydrogens (tertiary/aromatic N) is 2. The molecule has 6 heteroatoms. The summed E-state index contributed by atoms with van der Waals surface area (Å²) < 4.78 is 5.82. The first-order valence-electron chi connectivity index (χ1n) is 10.4. The van der Waals surface area contributed by atoms with Crippen LogP contribution in [0.3, 0.4) is 0 Å². The van der Waals surface area contributed by atoms with Gasteiger partial charge in [-0.3, -0.25) is 4.79 Å². The Kier molecular flexibility index (Phi) is 6.27. The summed E-state index contributed by atoms with van der Waals surface area (Å²) in [5.41, 5.74) is 1.58. The summed E-state index contributed by atoms with van der Waals surface area (Å²) in [6, 6.07) is 8.36. The second-order valence-corrected chi connectivity index (χ2v) is 8.97. The van der Waals surface area contributed by atoms with Gasteiger partial charge < -0.3 is 15.0 Å². The summed E-state index contributed by atoms with van der Waals surface area (Å²) in [6.07, 6.45) is 7.35. The van der Waals surface area contributed by atoms with Gasteiger partial charge in [0.05, 0.1) is 10.7 Å². The van der Waals surface area contributed by atoms with Gasteiger partial charge in [-0.25, -0.2) is 4.98 Å². The van der Waals surface area contributed by atoms with Crippen LogP contribution in [0.1, 0.15) is 59.6 Å². The Bertz CT molecular complexity index is 801. The summed E-state index contributed by atoms with van der Waals surface area (Å²) in [5.74, 6) is 0.704. The lowest BCUT2D eigenvalue weighted by atomic mass is 10.1. The lowest BCUT2D eigenvalue weighted by Crippen LogP contribution is -2.39. The number of rotatable bonds is 6. The highest BCUT2D eigenvalue weighted by Crippen LogP contribution is 2.27. The third kappa shape index (κ3) is 4.92. The van der Waals surface area contributed by atoms with E-state index >= 15 is 0 Å². The van der Waals surface area contributed by atoms with Crippen LogP contribution in [0.5, 0.6) is 5.75 Å². The van der Waals surface area contributed by atoms with Crippen LogP contribution < -0.4 is 10.1 Å². The van der Waals surface area contributed by atoms with Gasteiger partial charge in [-0.1, -0.05) is 12.5 Å². The zero-order valence-corrected chi connectivity index (χ0v) is 17.3. The first-order chi connectivity index (χ1) is 13.7. The molecule has 28 heavy (non-hydrogen) atoms. The fourth-order valence-electron chi connectivity index (χ4n) is 4.33. The third-order valence-electron chi connectivity index (χ3n) is 5.80. The zero-order valence-electron chi connectivity index (χ0n) is 16.5. The van der Waals surface area contributed by atoms with Gasteiger partial charge in [0.15, 0.2) is 0 Å². The van der Waals surface area contributed by atoms with Crippen molar-refractivity contribution in [1.29, 1.82) is 0 Å². The number of benzene rings is 1. The largest absolute Gasteiger partial charge is 0.487 e. The van der Waals surface area contributed by atoms with Gasteiger partial charge in [0, 0.05) is 23.0 Å².